The zero-order valence-corrected chi connectivity index (χ0v) is 19.6. The molecule has 0 atom stereocenters. The summed E-state index contributed by atoms with van der Waals surface area (Å²) in [6.07, 6.45) is 5.75. The van der Waals surface area contributed by atoms with Gasteiger partial charge in [0.25, 0.3) is 0 Å². The first-order valence-electron chi connectivity index (χ1n) is 10.5. The van der Waals surface area contributed by atoms with E-state index in [0.29, 0.717) is 19.1 Å². The Morgan fingerprint density at radius 1 is 1.13 bits per heavy atom. The molecule has 0 bridgehead atoms. The van der Waals surface area contributed by atoms with E-state index in [2.05, 4.69) is 66.4 Å². The summed E-state index contributed by atoms with van der Waals surface area (Å²) in [6, 6.07) is 12.5. The Balaban J connectivity index is 1.77. The molecule has 0 saturated carbocycles. The Morgan fingerprint density at radius 2 is 1.80 bits per heavy atom. The first kappa shape index (κ1) is 22.5. The summed E-state index contributed by atoms with van der Waals surface area (Å²) in [4.78, 5) is 6.48. The van der Waals surface area contributed by atoms with E-state index in [4.69, 9.17) is 17.0 Å². The number of nitrogens with one attached hydrogen (secondary N) is 2. The molecule has 3 rings (SSSR count). The lowest BCUT2D eigenvalue weighted by Crippen LogP contribution is -2.62. The molecule has 0 radical (unpaired) electrons. The topological polar surface area (TPSA) is 49.4 Å². The molecule has 5 nitrogen and oxygen atoms in total. The quantitative estimate of drug-likeness (QED) is 0.673. The van der Waals surface area contributed by atoms with Gasteiger partial charge in [-0.1, -0.05) is 18.2 Å². The van der Waals surface area contributed by atoms with Crippen molar-refractivity contribution in [2.75, 3.05) is 7.11 Å². The molecule has 1 aromatic carbocycles. The predicted molar refractivity (Wildman–Crippen MR) is 127 cm³/mol. The van der Waals surface area contributed by atoms with Crippen LogP contribution in [0.15, 0.2) is 48.8 Å². The van der Waals surface area contributed by atoms with Crippen molar-refractivity contribution in [3.8, 4) is 5.75 Å². The highest BCUT2D eigenvalue weighted by Crippen LogP contribution is 2.28. The number of hydrogen-bond acceptors (Lipinski definition) is 4. The summed E-state index contributed by atoms with van der Waals surface area (Å²) in [6.45, 7) is 10.4. The highest BCUT2D eigenvalue weighted by atomic mass is 32.1. The van der Waals surface area contributed by atoms with Crippen LogP contribution in [0.3, 0.4) is 0 Å². The van der Waals surface area contributed by atoms with Crippen molar-refractivity contribution in [2.24, 2.45) is 0 Å². The van der Waals surface area contributed by atoms with Crippen LogP contribution in [0.2, 0.25) is 0 Å². The van der Waals surface area contributed by atoms with Crippen LogP contribution in [-0.4, -0.2) is 39.2 Å². The van der Waals surface area contributed by atoms with E-state index < -0.39 is 0 Å². The van der Waals surface area contributed by atoms with E-state index in [1.54, 1.807) is 13.3 Å². The van der Waals surface area contributed by atoms with E-state index >= 15 is 0 Å². The minimum Gasteiger partial charge on any atom is -0.497 e. The van der Waals surface area contributed by atoms with Crippen molar-refractivity contribution in [2.45, 2.75) is 70.7 Å². The third-order valence-electron chi connectivity index (χ3n) is 5.41. The summed E-state index contributed by atoms with van der Waals surface area (Å²) in [5.41, 5.74) is 2.43. The van der Waals surface area contributed by atoms with Crippen LogP contribution in [0.4, 0.5) is 0 Å². The first-order valence-corrected chi connectivity index (χ1v) is 10.9. The fraction of sp³-hybridized carbons (Fsp3) is 0.500. The molecule has 162 valence electrons. The molecule has 1 aliphatic rings. The fourth-order valence-corrected chi connectivity index (χ4v) is 4.89. The summed E-state index contributed by atoms with van der Waals surface area (Å²) in [5, 5.41) is 8.18. The van der Waals surface area contributed by atoms with E-state index in [1.165, 1.54) is 0 Å². The second-order valence-electron chi connectivity index (χ2n) is 9.52. The highest BCUT2D eigenvalue weighted by Gasteiger charge is 2.38. The average Bonchev–Trinajstić information content (AvgIpc) is 2.66. The molecule has 2 N–H and O–H groups in total. The van der Waals surface area contributed by atoms with Gasteiger partial charge in [0.2, 0.25) is 0 Å². The number of pyridine rings is 1. The number of methoxy groups -OCH3 is 1. The lowest BCUT2D eigenvalue weighted by Gasteiger charge is -2.47. The molecule has 1 fully saturated rings. The molecular formula is C24H34N4OS. The molecule has 2 aromatic rings. The van der Waals surface area contributed by atoms with Gasteiger partial charge in [0, 0.05) is 42.6 Å². The van der Waals surface area contributed by atoms with E-state index in [0.717, 1.165) is 34.8 Å². The maximum Gasteiger partial charge on any atom is 0.169 e. The van der Waals surface area contributed by atoms with Crippen LogP contribution >= 0.6 is 12.2 Å². The van der Waals surface area contributed by atoms with Gasteiger partial charge in [-0.05, 0) is 82.1 Å². The fourth-order valence-electron chi connectivity index (χ4n) is 4.59. The first-order chi connectivity index (χ1) is 14.2. The van der Waals surface area contributed by atoms with Crippen LogP contribution in [0.25, 0.3) is 0 Å². The van der Waals surface area contributed by atoms with Gasteiger partial charge in [0.05, 0.1) is 7.11 Å². The Morgan fingerprint density at radius 3 is 2.43 bits per heavy atom. The van der Waals surface area contributed by atoms with Crippen LogP contribution in [0, 0.1) is 0 Å². The average molecular weight is 427 g/mol. The minimum atomic E-state index is 0.0655. The van der Waals surface area contributed by atoms with Crippen molar-refractivity contribution >= 4 is 17.3 Å². The van der Waals surface area contributed by atoms with Gasteiger partial charge < -0.3 is 20.3 Å². The van der Waals surface area contributed by atoms with Gasteiger partial charge in [-0.3, -0.25) is 4.98 Å². The summed E-state index contributed by atoms with van der Waals surface area (Å²) in [5.74, 6) is 0.856. The molecule has 30 heavy (non-hydrogen) atoms. The number of benzene rings is 1. The number of thiocarbonyl (C=S) groups is 1. The van der Waals surface area contributed by atoms with Gasteiger partial charge in [-0.15, -0.1) is 0 Å². The van der Waals surface area contributed by atoms with Crippen LogP contribution in [0.5, 0.6) is 5.75 Å². The second kappa shape index (κ2) is 9.31. The van der Waals surface area contributed by atoms with Gasteiger partial charge in [0.15, 0.2) is 5.11 Å². The molecule has 0 unspecified atom stereocenters. The molecule has 1 aromatic heterocycles. The van der Waals surface area contributed by atoms with E-state index in [9.17, 15) is 0 Å². The second-order valence-corrected chi connectivity index (χ2v) is 9.90. The Hall–Kier alpha value is -2.18. The summed E-state index contributed by atoms with van der Waals surface area (Å²) < 4.78 is 5.40. The summed E-state index contributed by atoms with van der Waals surface area (Å²) >= 11 is 5.91. The molecule has 2 heterocycles. The molecule has 0 spiro atoms. The number of piperidine rings is 1. The SMILES string of the molecule is COc1cccc(CN(Cc2cccnc2)C(=S)NC2CC(C)(C)NC(C)(C)C2)c1. The predicted octanol–water partition coefficient (Wildman–Crippen LogP) is 4.28. The van der Waals surface area contributed by atoms with Crippen LogP contribution in [0.1, 0.15) is 51.7 Å². The van der Waals surface area contributed by atoms with Crippen LogP contribution in [-0.2, 0) is 13.1 Å². The van der Waals surface area contributed by atoms with Crippen LogP contribution < -0.4 is 15.4 Å². The van der Waals surface area contributed by atoms with Crippen molar-refractivity contribution in [3.63, 3.8) is 0 Å². The molecule has 1 saturated heterocycles. The third-order valence-corrected chi connectivity index (χ3v) is 5.78. The maximum absolute atomic E-state index is 5.91. The monoisotopic (exact) mass is 426 g/mol. The lowest BCUT2D eigenvalue weighted by atomic mass is 9.80. The van der Waals surface area contributed by atoms with E-state index in [-0.39, 0.29) is 11.1 Å². The molecule has 0 aliphatic carbocycles. The van der Waals surface area contributed by atoms with Gasteiger partial charge in [-0.2, -0.15) is 0 Å². The lowest BCUT2D eigenvalue weighted by molar-refractivity contribution is 0.153. The smallest absolute Gasteiger partial charge is 0.169 e. The van der Waals surface area contributed by atoms with Crippen molar-refractivity contribution in [3.05, 3.63) is 59.9 Å². The Kier molecular flexibility index (Phi) is 6.98. The molecule has 6 heteroatoms. The standard InChI is InChI=1S/C24H34N4OS/c1-23(2)13-20(14-24(3,4)27-23)26-22(30)28(17-19-9-7-11-25-15-19)16-18-8-6-10-21(12-18)29-5/h6-12,15,20,27H,13-14,16-17H2,1-5H3,(H,26,30). The normalized spacial score (nSPS) is 17.9. The van der Waals surface area contributed by atoms with Crippen molar-refractivity contribution in [1.82, 2.24) is 20.5 Å². The van der Waals surface area contributed by atoms with Gasteiger partial charge in [0.1, 0.15) is 5.75 Å². The zero-order valence-electron chi connectivity index (χ0n) is 18.7. The summed E-state index contributed by atoms with van der Waals surface area (Å²) in [7, 11) is 1.69. The maximum atomic E-state index is 5.91. The Bertz CT molecular complexity index is 837. The number of hydrogen-bond donors (Lipinski definition) is 2. The minimum absolute atomic E-state index is 0.0655. The van der Waals surface area contributed by atoms with Gasteiger partial charge in [-0.25, -0.2) is 0 Å². The number of nitrogens with zero attached hydrogens (tertiary/aromatic N) is 2. The van der Waals surface area contributed by atoms with Gasteiger partial charge >= 0.3 is 0 Å². The Labute approximate surface area is 186 Å². The largest absolute Gasteiger partial charge is 0.497 e. The number of rotatable bonds is 6. The van der Waals surface area contributed by atoms with Crippen molar-refractivity contribution < 1.29 is 4.74 Å². The number of aromatic nitrogens is 1. The number of ether oxygens (including phenoxy) is 1. The molecule has 1 aliphatic heterocycles. The highest BCUT2D eigenvalue weighted by molar-refractivity contribution is 7.80. The van der Waals surface area contributed by atoms with Crippen molar-refractivity contribution in [1.29, 1.82) is 0 Å². The zero-order chi connectivity index (χ0) is 21.8. The third kappa shape index (κ3) is 6.41. The molecule has 0 amide bonds. The molecular weight excluding hydrogens is 392 g/mol. The van der Waals surface area contributed by atoms with E-state index in [1.807, 2.05) is 24.4 Å².